The van der Waals surface area contributed by atoms with E-state index in [2.05, 4.69) is 15.6 Å². The van der Waals surface area contributed by atoms with Gasteiger partial charge in [-0.1, -0.05) is 0 Å². The van der Waals surface area contributed by atoms with Crippen molar-refractivity contribution in [1.82, 2.24) is 4.98 Å². The summed E-state index contributed by atoms with van der Waals surface area (Å²) in [6.07, 6.45) is 3.69. The van der Waals surface area contributed by atoms with Crippen molar-refractivity contribution >= 4 is 33.8 Å². The van der Waals surface area contributed by atoms with Gasteiger partial charge < -0.3 is 5.32 Å². The van der Waals surface area contributed by atoms with Crippen LogP contribution in [0.4, 0.5) is 16.5 Å². The first-order chi connectivity index (χ1) is 10.5. The van der Waals surface area contributed by atoms with Crippen molar-refractivity contribution in [2.45, 2.75) is 25.8 Å². The number of rotatable bonds is 5. The lowest BCUT2D eigenvalue weighted by molar-refractivity contribution is -0.384. The summed E-state index contributed by atoms with van der Waals surface area (Å²) in [6.45, 7) is 1.89. The molecule has 1 heterocycles. The molecule has 8 heteroatoms. The fourth-order valence-corrected chi connectivity index (χ4v) is 2.63. The normalized spacial score (nSPS) is 13.7. The molecule has 3 rings (SSSR count). The third-order valence-corrected chi connectivity index (χ3v) is 4.06. The van der Waals surface area contributed by atoms with E-state index in [1.807, 2.05) is 6.92 Å². The van der Waals surface area contributed by atoms with E-state index in [1.165, 1.54) is 17.4 Å². The molecule has 0 radical (unpaired) electrons. The summed E-state index contributed by atoms with van der Waals surface area (Å²) in [5.74, 6) is -0.407. The zero-order chi connectivity index (χ0) is 15.7. The van der Waals surface area contributed by atoms with Gasteiger partial charge in [-0.2, -0.15) is 0 Å². The third kappa shape index (κ3) is 3.22. The lowest BCUT2D eigenvalue weighted by atomic mass is 10.1. The van der Waals surface area contributed by atoms with E-state index in [9.17, 15) is 14.9 Å². The van der Waals surface area contributed by atoms with Crippen LogP contribution >= 0.6 is 11.3 Å². The van der Waals surface area contributed by atoms with Crippen molar-refractivity contribution in [2.24, 2.45) is 0 Å². The van der Waals surface area contributed by atoms with Gasteiger partial charge in [0.2, 0.25) is 0 Å². The second-order valence-corrected chi connectivity index (χ2v) is 6.37. The predicted molar refractivity (Wildman–Crippen MR) is 84.5 cm³/mol. The highest BCUT2D eigenvalue weighted by Crippen LogP contribution is 2.31. The molecule has 1 aromatic carbocycles. The number of benzene rings is 1. The van der Waals surface area contributed by atoms with Gasteiger partial charge in [0.25, 0.3) is 11.6 Å². The largest absolute Gasteiger partial charge is 0.377 e. The molecule has 0 bridgehead atoms. The highest BCUT2D eigenvalue weighted by atomic mass is 32.1. The Hall–Kier alpha value is -2.48. The second-order valence-electron chi connectivity index (χ2n) is 5.14. The maximum Gasteiger partial charge on any atom is 0.293 e. The number of carbonyl (C=O) groups is 1. The number of aryl methyl sites for hydroxylation is 1. The van der Waals surface area contributed by atoms with Crippen LogP contribution in [0.15, 0.2) is 24.4 Å². The van der Waals surface area contributed by atoms with Crippen LogP contribution in [0.1, 0.15) is 28.1 Å². The first-order valence-electron chi connectivity index (χ1n) is 6.81. The average molecular weight is 318 g/mol. The average Bonchev–Trinajstić information content (AvgIpc) is 3.20. The fraction of sp³-hybridized carbons (Fsp3) is 0.286. The number of hydrogen-bond donors (Lipinski definition) is 2. The van der Waals surface area contributed by atoms with Crippen LogP contribution in [0, 0.1) is 17.0 Å². The molecule has 0 saturated heterocycles. The summed E-state index contributed by atoms with van der Waals surface area (Å²) < 4.78 is 0. The minimum absolute atomic E-state index is 0.0881. The zero-order valence-corrected chi connectivity index (χ0v) is 12.6. The topological polar surface area (TPSA) is 97.2 Å². The smallest absolute Gasteiger partial charge is 0.293 e. The number of thiazole rings is 1. The highest BCUT2D eigenvalue weighted by Gasteiger charge is 2.25. The molecule has 0 spiro atoms. The summed E-state index contributed by atoms with van der Waals surface area (Å²) >= 11 is 1.35. The molecule has 114 valence electrons. The minimum Gasteiger partial charge on any atom is -0.377 e. The van der Waals surface area contributed by atoms with E-state index in [0.29, 0.717) is 16.9 Å². The van der Waals surface area contributed by atoms with Crippen LogP contribution in [0.25, 0.3) is 0 Å². The predicted octanol–water partition coefficient (Wildman–Crippen LogP) is 3.19. The molecule has 1 aliphatic carbocycles. The number of aromatic nitrogens is 1. The van der Waals surface area contributed by atoms with Crippen LogP contribution < -0.4 is 10.6 Å². The number of nitro groups is 1. The number of nitro benzene ring substituents is 1. The SMILES string of the molecule is Cc1cnc(NC(=O)c2ccc(NC3CC3)c([N+](=O)[O-])c2)s1. The summed E-state index contributed by atoms with van der Waals surface area (Å²) in [6, 6.07) is 4.75. The number of hydrogen-bond acceptors (Lipinski definition) is 6. The first kappa shape index (κ1) is 14.5. The fourth-order valence-electron chi connectivity index (χ4n) is 1.98. The molecule has 1 amide bonds. The number of nitrogens with zero attached hydrogens (tertiary/aromatic N) is 2. The van der Waals surface area contributed by atoms with Crippen molar-refractivity contribution in [1.29, 1.82) is 0 Å². The van der Waals surface area contributed by atoms with E-state index in [1.54, 1.807) is 18.3 Å². The molecule has 22 heavy (non-hydrogen) atoms. The number of anilines is 2. The van der Waals surface area contributed by atoms with Crippen molar-refractivity contribution < 1.29 is 9.72 Å². The van der Waals surface area contributed by atoms with Crippen LogP contribution in [-0.2, 0) is 0 Å². The molecule has 0 atom stereocenters. The van der Waals surface area contributed by atoms with Gasteiger partial charge in [0.1, 0.15) is 5.69 Å². The van der Waals surface area contributed by atoms with E-state index < -0.39 is 10.8 Å². The molecule has 2 aromatic rings. The number of nitrogens with one attached hydrogen (secondary N) is 2. The highest BCUT2D eigenvalue weighted by molar-refractivity contribution is 7.15. The van der Waals surface area contributed by atoms with Gasteiger partial charge in [-0.05, 0) is 31.9 Å². The lowest BCUT2D eigenvalue weighted by Gasteiger charge is -2.07. The Kier molecular flexibility index (Phi) is 3.76. The molecule has 7 nitrogen and oxygen atoms in total. The molecule has 0 unspecified atom stereocenters. The summed E-state index contributed by atoms with van der Waals surface area (Å²) in [5.41, 5.74) is 0.602. The minimum atomic E-state index is -0.477. The Balaban J connectivity index is 1.82. The Bertz CT molecular complexity index is 739. The maximum atomic E-state index is 12.2. The van der Waals surface area contributed by atoms with Crippen LogP contribution in [-0.4, -0.2) is 21.9 Å². The summed E-state index contributed by atoms with van der Waals surface area (Å²) in [5, 5.41) is 17.4. The Morgan fingerprint density at radius 2 is 2.23 bits per heavy atom. The Morgan fingerprint density at radius 1 is 1.45 bits per heavy atom. The molecule has 1 saturated carbocycles. The van der Waals surface area contributed by atoms with Crippen molar-refractivity contribution in [2.75, 3.05) is 10.6 Å². The van der Waals surface area contributed by atoms with Gasteiger partial charge in [0.05, 0.1) is 4.92 Å². The monoisotopic (exact) mass is 318 g/mol. The standard InChI is InChI=1S/C14H14N4O3S/c1-8-7-15-14(22-8)17-13(19)9-2-5-11(16-10-3-4-10)12(6-9)18(20)21/h2,5-7,10,16H,3-4H2,1H3,(H,15,17,19). The van der Waals surface area contributed by atoms with E-state index >= 15 is 0 Å². The molecule has 0 aliphatic heterocycles. The number of carbonyl (C=O) groups excluding carboxylic acids is 1. The zero-order valence-electron chi connectivity index (χ0n) is 11.8. The van der Waals surface area contributed by atoms with Crippen molar-refractivity contribution in [3.05, 3.63) is 45.0 Å². The molecule has 1 fully saturated rings. The van der Waals surface area contributed by atoms with Gasteiger partial charge in [0.15, 0.2) is 5.13 Å². The maximum absolute atomic E-state index is 12.2. The van der Waals surface area contributed by atoms with E-state index in [4.69, 9.17) is 0 Å². The van der Waals surface area contributed by atoms with E-state index in [-0.39, 0.29) is 11.3 Å². The molecule has 2 N–H and O–H groups in total. The third-order valence-electron chi connectivity index (χ3n) is 3.24. The summed E-state index contributed by atoms with van der Waals surface area (Å²) in [4.78, 5) is 27.9. The number of amides is 1. The van der Waals surface area contributed by atoms with Gasteiger partial charge in [0, 0.05) is 28.7 Å². The summed E-state index contributed by atoms with van der Waals surface area (Å²) in [7, 11) is 0. The Labute approximate surface area is 130 Å². The van der Waals surface area contributed by atoms with E-state index in [0.717, 1.165) is 17.7 Å². The van der Waals surface area contributed by atoms with Crippen molar-refractivity contribution in [3.63, 3.8) is 0 Å². The molecule has 1 aromatic heterocycles. The quantitative estimate of drug-likeness (QED) is 0.652. The van der Waals surface area contributed by atoms with Crippen LogP contribution in [0.5, 0.6) is 0 Å². The molecular formula is C14H14N4O3S. The van der Waals surface area contributed by atoms with Gasteiger partial charge >= 0.3 is 0 Å². The van der Waals surface area contributed by atoms with Gasteiger partial charge in [-0.3, -0.25) is 20.2 Å². The van der Waals surface area contributed by atoms with Gasteiger partial charge in [-0.25, -0.2) is 4.98 Å². The molecule has 1 aliphatic rings. The first-order valence-corrected chi connectivity index (χ1v) is 7.63. The Morgan fingerprint density at radius 3 is 2.82 bits per heavy atom. The lowest BCUT2D eigenvalue weighted by Crippen LogP contribution is -2.13. The van der Waals surface area contributed by atoms with Crippen LogP contribution in [0.2, 0.25) is 0 Å². The van der Waals surface area contributed by atoms with Gasteiger partial charge in [-0.15, -0.1) is 11.3 Å². The van der Waals surface area contributed by atoms with Crippen molar-refractivity contribution in [3.8, 4) is 0 Å². The second kappa shape index (κ2) is 5.72. The van der Waals surface area contributed by atoms with Crippen LogP contribution in [0.3, 0.4) is 0 Å². The molecular weight excluding hydrogens is 304 g/mol.